The maximum Gasteiger partial charge on any atom is 0.305 e. The van der Waals surface area contributed by atoms with Crippen molar-refractivity contribution in [3.05, 3.63) is 12.2 Å². The second kappa shape index (κ2) is 23.1. The molecule has 1 rings (SSSR count). The first-order valence-electron chi connectivity index (χ1n) is 16.6. The van der Waals surface area contributed by atoms with Gasteiger partial charge in [0.15, 0.2) is 6.29 Å². The van der Waals surface area contributed by atoms with Crippen LogP contribution < -0.4 is 16.0 Å². The Labute approximate surface area is 288 Å². The third-order valence-corrected chi connectivity index (χ3v) is 6.74. The summed E-state index contributed by atoms with van der Waals surface area (Å²) in [5.74, 6) is -2.15. The van der Waals surface area contributed by atoms with Crippen molar-refractivity contribution >= 4 is 35.5 Å². The highest BCUT2D eigenvalue weighted by Gasteiger charge is 2.31. The average molecular weight is 701 g/mol. The van der Waals surface area contributed by atoms with Gasteiger partial charge in [0.2, 0.25) is 17.7 Å². The van der Waals surface area contributed by atoms with E-state index in [9.17, 15) is 33.9 Å². The topological polar surface area (TPSA) is 208 Å². The van der Waals surface area contributed by atoms with Crippen LogP contribution >= 0.6 is 0 Å². The molecule has 0 spiro atoms. The number of carbonyl (C=O) groups excluding carboxylic acids is 6. The first-order chi connectivity index (χ1) is 23.0. The van der Waals surface area contributed by atoms with Gasteiger partial charge in [-0.3, -0.25) is 33.7 Å². The molecule has 0 aromatic carbocycles. The monoisotopic (exact) mass is 700 g/mol. The fraction of sp³-hybridized carbons (Fsp3) is 0.758. The predicted octanol–water partition coefficient (Wildman–Crippen LogP) is 0.352. The summed E-state index contributed by atoms with van der Waals surface area (Å²) in [6, 6.07) is 0. The molecular formula is C33H56N4O12. The predicted molar refractivity (Wildman–Crippen MR) is 177 cm³/mol. The van der Waals surface area contributed by atoms with E-state index >= 15 is 0 Å². The molecule has 0 aromatic heterocycles. The van der Waals surface area contributed by atoms with E-state index in [1.165, 1.54) is 12.2 Å². The molecule has 16 heteroatoms. The third kappa shape index (κ3) is 21.3. The van der Waals surface area contributed by atoms with Crippen LogP contribution in [0.25, 0.3) is 0 Å². The Bertz CT molecular complexity index is 1080. The molecule has 1 aliphatic heterocycles. The number of rotatable bonds is 25. The van der Waals surface area contributed by atoms with Crippen molar-refractivity contribution in [3.63, 3.8) is 0 Å². The van der Waals surface area contributed by atoms with Crippen molar-refractivity contribution in [3.8, 4) is 0 Å². The van der Waals surface area contributed by atoms with Crippen LogP contribution in [0, 0.1) is 5.41 Å². The molecule has 5 amide bonds. The summed E-state index contributed by atoms with van der Waals surface area (Å²) in [7, 11) is 0. The molecule has 49 heavy (non-hydrogen) atoms. The standard InChI is InChI=1S/C33H56N4O12/c1-32(2,3)24(22-38)48-31(49-33(4,5)6)23-47-30(44)9-7-8-25(39)34-14-15-35-27(41)13-18-45-20-21-46-19-16-36-26(40)12-17-37-28(42)10-11-29(37)43/h10-11,24,31,38H,7-9,12-23H2,1-6H3,(H,34,39)(H,35,41)(H,36,40). The summed E-state index contributed by atoms with van der Waals surface area (Å²) < 4.78 is 27.8. The largest absolute Gasteiger partial charge is 0.460 e. The van der Waals surface area contributed by atoms with Crippen LogP contribution in [-0.2, 0) is 52.5 Å². The normalized spacial score (nSPS) is 14.5. The minimum absolute atomic E-state index is 0.00766. The van der Waals surface area contributed by atoms with Gasteiger partial charge in [0.1, 0.15) is 6.61 Å². The van der Waals surface area contributed by atoms with Crippen LogP contribution in [0.15, 0.2) is 12.2 Å². The lowest BCUT2D eigenvalue weighted by Crippen LogP contribution is -2.42. The first-order valence-corrected chi connectivity index (χ1v) is 16.6. The second-order valence-electron chi connectivity index (χ2n) is 13.3. The number of amides is 5. The average Bonchev–Trinajstić information content (AvgIpc) is 3.33. The number of nitrogens with zero attached hydrogens (tertiary/aromatic N) is 1. The first kappa shape index (κ1) is 43.6. The minimum Gasteiger partial charge on any atom is -0.460 e. The van der Waals surface area contributed by atoms with Crippen LogP contribution in [0.5, 0.6) is 0 Å². The molecule has 2 unspecified atom stereocenters. The second-order valence-corrected chi connectivity index (χ2v) is 13.3. The van der Waals surface area contributed by atoms with Crippen molar-refractivity contribution in [2.24, 2.45) is 5.41 Å². The van der Waals surface area contributed by atoms with Gasteiger partial charge in [0.25, 0.3) is 11.8 Å². The van der Waals surface area contributed by atoms with Crippen molar-refractivity contribution in [1.29, 1.82) is 0 Å². The highest BCUT2D eigenvalue weighted by atomic mass is 16.7. The van der Waals surface area contributed by atoms with E-state index in [1.54, 1.807) is 0 Å². The van der Waals surface area contributed by atoms with Gasteiger partial charge in [-0.2, -0.15) is 0 Å². The number of carbonyl (C=O) groups is 6. The summed E-state index contributed by atoms with van der Waals surface area (Å²) in [5, 5.41) is 17.7. The zero-order chi connectivity index (χ0) is 36.9. The number of hydrogen-bond acceptors (Lipinski definition) is 12. The lowest BCUT2D eigenvalue weighted by Gasteiger charge is -2.35. The van der Waals surface area contributed by atoms with Gasteiger partial charge in [0, 0.05) is 64.0 Å². The molecule has 1 heterocycles. The molecule has 0 saturated carbocycles. The molecule has 4 N–H and O–H groups in total. The fourth-order valence-corrected chi connectivity index (χ4v) is 4.11. The number of aliphatic hydroxyl groups excluding tert-OH is 1. The summed E-state index contributed by atoms with van der Waals surface area (Å²) in [4.78, 5) is 72.0. The number of aliphatic hydroxyl groups is 1. The number of imide groups is 1. The maximum atomic E-state index is 12.3. The SMILES string of the molecule is CC(C)(C)OC(COC(=O)CCCC(=O)NCCNC(=O)CCOCCOCCNC(=O)CCN1C(=O)C=CC1=O)OC(CO)C(C)(C)C. The number of esters is 1. The molecule has 2 atom stereocenters. The van der Waals surface area contributed by atoms with Gasteiger partial charge in [-0.25, -0.2) is 0 Å². The summed E-state index contributed by atoms with van der Waals surface area (Å²) in [5.41, 5.74) is -0.918. The molecule has 0 radical (unpaired) electrons. The number of hydrogen-bond donors (Lipinski definition) is 4. The molecule has 0 bridgehead atoms. The minimum atomic E-state index is -0.863. The highest BCUT2D eigenvalue weighted by Crippen LogP contribution is 2.25. The fourth-order valence-electron chi connectivity index (χ4n) is 4.11. The van der Waals surface area contributed by atoms with Gasteiger partial charge in [-0.15, -0.1) is 0 Å². The van der Waals surface area contributed by atoms with E-state index in [0.717, 1.165) is 4.90 Å². The third-order valence-electron chi connectivity index (χ3n) is 6.74. The highest BCUT2D eigenvalue weighted by molar-refractivity contribution is 6.13. The summed E-state index contributed by atoms with van der Waals surface area (Å²) in [6.45, 7) is 12.7. The Kier molecular flexibility index (Phi) is 20.5. The van der Waals surface area contributed by atoms with Crippen molar-refractivity contribution in [2.45, 2.75) is 91.6 Å². The van der Waals surface area contributed by atoms with Crippen molar-refractivity contribution in [2.75, 3.05) is 65.8 Å². The lowest BCUT2D eigenvalue weighted by molar-refractivity contribution is -0.251. The molecule has 0 aliphatic carbocycles. The van der Waals surface area contributed by atoms with E-state index in [4.69, 9.17) is 23.7 Å². The lowest BCUT2D eigenvalue weighted by atomic mass is 9.89. The quantitative estimate of drug-likeness (QED) is 0.0441. The summed E-state index contributed by atoms with van der Waals surface area (Å²) in [6.07, 6.45) is 1.52. The van der Waals surface area contributed by atoms with Gasteiger partial charge < -0.3 is 44.7 Å². The van der Waals surface area contributed by atoms with E-state index in [0.29, 0.717) is 0 Å². The van der Waals surface area contributed by atoms with E-state index < -0.39 is 35.8 Å². The Balaban J connectivity index is 2.04. The van der Waals surface area contributed by atoms with Crippen LogP contribution in [-0.4, -0.2) is 129 Å². The van der Waals surface area contributed by atoms with Gasteiger partial charge >= 0.3 is 5.97 Å². The Morgan fingerprint density at radius 3 is 1.88 bits per heavy atom. The Hall–Kier alpha value is -3.44. The molecule has 0 fully saturated rings. The van der Waals surface area contributed by atoms with Gasteiger partial charge in [0.05, 0.1) is 44.7 Å². The van der Waals surface area contributed by atoms with Crippen molar-refractivity contribution < 1.29 is 57.6 Å². The van der Waals surface area contributed by atoms with Crippen LogP contribution in [0.3, 0.4) is 0 Å². The molecule has 280 valence electrons. The Morgan fingerprint density at radius 1 is 0.755 bits per heavy atom. The summed E-state index contributed by atoms with van der Waals surface area (Å²) >= 11 is 0. The maximum absolute atomic E-state index is 12.3. The molecule has 0 saturated heterocycles. The van der Waals surface area contributed by atoms with E-state index in [1.807, 2.05) is 41.5 Å². The van der Waals surface area contributed by atoms with Gasteiger partial charge in [-0.1, -0.05) is 20.8 Å². The van der Waals surface area contributed by atoms with E-state index in [-0.39, 0.29) is 121 Å². The zero-order valence-corrected chi connectivity index (χ0v) is 29.8. The zero-order valence-electron chi connectivity index (χ0n) is 29.8. The molecular weight excluding hydrogens is 644 g/mol. The van der Waals surface area contributed by atoms with E-state index in [2.05, 4.69) is 16.0 Å². The van der Waals surface area contributed by atoms with Crippen molar-refractivity contribution in [1.82, 2.24) is 20.9 Å². The molecule has 16 nitrogen and oxygen atoms in total. The molecule has 0 aromatic rings. The van der Waals surface area contributed by atoms with Crippen LogP contribution in [0.1, 0.15) is 73.6 Å². The number of nitrogens with one attached hydrogen (secondary N) is 3. The molecule has 1 aliphatic rings. The smallest absolute Gasteiger partial charge is 0.305 e. The van der Waals surface area contributed by atoms with Gasteiger partial charge in [-0.05, 0) is 32.6 Å². The van der Waals surface area contributed by atoms with Crippen LogP contribution in [0.2, 0.25) is 0 Å². The van der Waals surface area contributed by atoms with Crippen LogP contribution in [0.4, 0.5) is 0 Å². The Morgan fingerprint density at radius 2 is 1.31 bits per heavy atom. The number of ether oxygens (including phenoxy) is 5.